The topological polar surface area (TPSA) is 77.6 Å². The molecule has 1 amide bonds. The average molecular weight is 459 g/mol. The van der Waals surface area contributed by atoms with Crippen molar-refractivity contribution in [2.75, 3.05) is 5.32 Å². The van der Waals surface area contributed by atoms with Gasteiger partial charge in [-0.25, -0.2) is 0 Å². The maximum atomic E-state index is 12.8. The van der Waals surface area contributed by atoms with E-state index in [4.69, 9.17) is 0 Å². The van der Waals surface area contributed by atoms with Gasteiger partial charge in [-0.05, 0) is 57.6 Å². The van der Waals surface area contributed by atoms with Crippen LogP contribution in [0.25, 0.3) is 10.7 Å². The number of thioether (sulfide) groups is 1. The largest absolute Gasteiger partial charge is 0.322 e. The van der Waals surface area contributed by atoms with Crippen LogP contribution < -0.4 is 5.32 Å². The van der Waals surface area contributed by atoms with Crippen LogP contribution in [0.3, 0.4) is 0 Å². The van der Waals surface area contributed by atoms with Gasteiger partial charge in [0.15, 0.2) is 11.0 Å². The number of amides is 1. The number of thiophene rings is 1. The number of rotatable bonds is 6. The Hall–Kier alpha value is -2.13. The van der Waals surface area contributed by atoms with Crippen molar-refractivity contribution in [1.82, 2.24) is 24.5 Å². The number of aryl methyl sites for hydroxylation is 3. The van der Waals surface area contributed by atoms with Crippen LogP contribution in [-0.4, -0.2) is 35.7 Å². The molecule has 0 aromatic carbocycles. The van der Waals surface area contributed by atoms with E-state index in [0.29, 0.717) is 0 Å². The van der Waals surface area contributed by atoms with Gasteiger partial charge >= 0.3 is 0 Å². The Kier molecular flexibility index (Phi) is 6.25. The van der Waals surface area contributed by atoms with Crippen molar-refractivity contribution in [3.63, 3.8) is 0 Å². The molecule has 3 heterocycles. The van der Waals surface area contributed by atoms with Crippen LogP contribution in [0.4, 0.5) is 5.69 Å². The van der Waals surface area contributed by atoms with E-state index in [9.17, 15) is 4.79 Å². The first-order valence-corrected chi connectivity index (χ1v) is 12.5. The molecule has 0 saturated carbocycles. The zero-order valence-electron chi connectivity index (χ0n) is 19.0. The molecule has 1 aliphatic carbocycles. The van der Waals surface area contributed by atoms with Crippen molar-refractivity contribution in [2.45, 2.75) is 63.8 Å². The Bertz CT molecular complexity index is 1110. The zero-order chi connectivity index (χ0) is 22.3. The SMILES string of the molecule is CCC1CCc2sc(-c3nnc(SC(C)C(=O)Nc4c(C)nn(C)c4C)n3C)cc2C1. The van der Waals surface area contributed by atoms with Crippen LogP contribution in [0.15, 0.2) is 11.2 Å². The summed E-state index contributed by atoms with van der Waals surface area (Å²) in [6.07, 6.45) is 4.87. The van der Waals surface area contributed by atoms with Crippen molar-refractivity contribution in [3.05, 3.63) is 27.9 Å². The number of carbonyl (C=O) groups is 1. The van der Waals surface area contributed by atoms with Gasteiger partial charge in [-0.3, -0.25) is 9.48 Å². The molecule has 0 aliphatic heterocycles. The van der Waals surface area contributed by atoms with Crippen molar-refractivity contribution in [3.8, 4) is 10.7 Å². The molecule has 7 nitrogen and oxygen atoms in total. The molecule has 4 rings (SSSR count). The van der Waals surface area contributed by atoms with E-state index in [1.165, 1.54) is 52.8 Å². The molecule has 3 aromatic rings. The van der Waals surface area contributed by atoms with Crippen LogP contribution in [0.2, 0.25) is 0 Å². The van der Waals surface area contributed by atoms with Crippen LogP contribution in [0.5, 0.6) is 0 Å². The molecule has 3 aromatic heterocycles. The molecule has 1 aliphatic rings. The van der Waals surface area contributed by atoms with Gasteiger partial charge in [-0.15, -0.1) is 21.5 Å². The highest BCUT2D eigenvalue weighted by Gasteiger charge is 2.24. The van der Waals surface area contributed by atoms with Crippen molar-refractivity contribution in [1.29, 1.82) is 0 Å². The third-order valence-electron chi connectivity index (χ3n) is 6.23. The smallest absolute Gasteiger partial charge is 0.237 e. The number of nitrogens with one attached hydrogen (secondary N) is 1. The molecule has 2 unspecified atom stereocenters. The lowest BCUT2D eigenvalue weighted by atomic mass is 9.87. The third kappa shape index (κ3) is 4.30. The predicted octanol–water partition coefficient (Wildman–Crippen LogP) is 4.53. The number of nitrogens with zero attached hydrogens (tertiary/aromatic N) is 5. The average Bonchev–Trinajstić information content (AvgIpc) is 3.39. The van der Waals surface area contributed by atoms with Gasteiger partial charge in [0.25, 0.3) is 0 Å². The first-order valence-electron chi connectivity index (χ1n) is 10.8. The predicted molar refractivity (Wildman–Crippen MR) is 127 cm³/mol. The molecular weight excluding hydrogens is 428 g/mol. The summed E-state index contributed by atoms with van der Waals surface area (Å²) >= 11 is 3.26. The van der Waals surface area contributed by atoms with Gasteiger partial charge in [-0.2, -0.15) is 5.10 Å². The van der Waals surface area contributed by atoms with Crippen molar-refractivity contribution < 1.29 is 4.79 Å². The number of hydrogen-bond acceptors (Lipinski definition) is 6. The number of aromatic nitrogens is 5. The molecule has 0 saturated heterocycles. The van der Waals surface area contributed by atoms with Gasteiger partial charge in [-0.1, -0.05) is 25.1 Å². The molecule has 0 fully saturated rings. The highest BCUT2D eigenvalue weighted by atomic mass is 32.2. The van der Waals surface area contributed by atoms with Gasteiger partial charge in [0, 0.05) is 19.0 Å². The molecule has 9 heteroatoms. The quantitative estimate of drug-likeness (QED) is 0.549. The minimum Gasteiger partial charge on any atom is -0.322 e. The van der Waals surface area contributed by atoms with Crippen LogP contribution >= 0.6 is 23.1 Å². The van der Waals surface area contributed by atoms with E-state index in [0.717, 1.165) is 34.0 Å². The molecule has 0 spiro atoms. The van der Waals surface area contributed by atoms with Crippen molar-refractivity contribution in [2.24, 2.45) is 20.0 Å². The number of carbonyl (C=O) groups excluding carboxylic acids is 1. The minimum atomic E-state index is -0.309. The summed E-state index contributed by atoms with van der Waals surface area (Å²) in [4.78, 5) is 15.4. The number of fused-ring (bicyclic) bond motifs is 1. The van der Waals surface area contributed by atoms with E-state index in [2.05, 4.69) is 33.6 Å². The van der Waals surface area contributed by atoms with Gasteiger partial charge < -0.3 is 9.88 Å². The van der Waals surface area contributed by atoms with E-state index < -0.39 is 0 Å². The van der Waals surface area contributed by atoms with Crippen molar-refractivity contribution >= 4 is 34.7 Å². The van der Waals surface area contributed by atoms with Crippen LogP contribution in [0, 0.1) is 19.8 Å². The Morgan fingerprint density at radius 2 is 2.13 bits per heavy atom. The highest BCUT2D eigenvalue weighted by Crippen LogP contribution is 2.38. The lowest BCUT2D eigenvalue weighted by Gasteiger charge is -2.19. The van der Waals surface area contributed by atoms with Gasteiger partial charge in [0.1, 0.15) is 0 Å². The third-order valence-corrected chi connectivity index (χ3v) is 8.59. The summed E-state index contributed by atoms with van der Waals surface area (Å²) in [5.41, 5.74) is 4.02. The molecule has 0 bridgehead atoms. The lowest BCUT2D eigenvalue weighted by Crippen LogP contribution is -2.23. The lowest BCUT2D eigenvalue weighted by molar-refractivity contribution is -0.115. The molecule has 1 N–H and O–H groups in total. The fourth-order valence-corrected chi connectivity index (χ4v) is 6.12. The number of anilines is 1. The Balaban J connectivity index is 1.47. The van der Waals surface area contributed by atoms with E-state index in [1.807, 2.05) is 50.8 Å². The fraction of sp³-hybridized carbons (Fsp3) is 0.545. The Labute approximate surface area is 191 Å². The molecular formula is C22H30N6OS2. The molecule has 2 atom stereocenters. The fourth-order valence-electron chi connectivity index (χ4n) is 4.08. The van der Waals surface area contributed by atoms with E-state index in [1.54, 1.807) is 4.68 Å². The Morgan fingerprint density at radius 1 is 1.35 bits per heavy atom. The second-order valence-electron chi connectivity index (χ2n) is 8.36. The van der Waals surface area contributed by atoms with E-state index in [-0.39, 0.29) is 11.2 Å². The number of hydrogen-bond donors (Lipinski definition) is 1. The molecule has 31 heavy (non-hydrogen) atoms. The summed E-state index contributed by atoms with van der Waals surface area (Å²) < 4.78 is 3.78. The first kappa shape index (κ1) is 22.1. The molecule has 166 valence electrons. The monoisotopic (exact) mass is 458 g/mol. The van der Waals surface area contributed by atoms with Gasteiger partial charge in [0.05, 0.1) is 27.2 Å². The second kappa shape index (κ2) is 8.78. The molecule has 0 radical (unpaired) electrons. The normalized spacial score (nSPS) is 16.9. The summed E-state index contributed by atoms with van der Waals surface area (Å²) in [5.74, 6) is 1.61. The maximum Gasteiger partial charge on any atom is 0.237 e. The summed E-state index contributed by atoms with van der Waals surface area (Å²) in [7, 11) is 3.85. The van der Waals surface area contributed by atoms with Gasteiger partial charge in [0.2, 0.25) is 5.91 Å². The zero-order valence-corrected chi connectivity index (χ0v) is 20.7. The first-order chi connectivity index (χ1) is 14.8. The second-order valence-corrected chi connectivity index (χ2v) is 10.8. The van der Waals surface area contributed by atoms with Crippen LogP contribution in [-0.2, 0) is 31.7 Å². The summed E-state index contributed by atoms with van der Waals surface area (Å²) in [6, 6.07) is 2.30. The maximum absolute atomic E-state index is 12.8. The highest BCUT2D eigenvalue weighted by molar-refractivity contribution is 8.00. The standard InChI is InChI=1S/C22H30N6OS2/c1-7-15-8-9-17-16(10-15)11-18(31-17)20-24-25-22(27(20)5)30-14(4)21(29)23-19-12(2)26-28(6)13(19)3/h11,14-15H,7-10H2,1-6H3,(H,23,29). The summed E-state index contributed by atoms with van der Waals surface area (Å²) in [5, 5.41) is 16.7. The Morgan fingerprint density at radius 3 is 2.81 bits per heavy atom. The van der Waals surface area contributed by atoms with Crippen LogP contribution in [0.1, 0.15) is 48.5 Å². The van der Waals surface area contributed by atoms with E-state index >= 15 is 0 Å². The summed E-state index contributed by atoms with van der Waals surface area (Å²) in [6.45, 7) is 8.03. The minimum absolute atomic E-state index is 0.0639.